The second kappa shape index (κ2) is 7.22. The summed E-state index contributed by atoms with van der Waals surface area (Å²) >= 11 is 5.30. The average molecular weight is 318 g/mol. The van der Waals surface area contributed by atoms with Crippen LogP contribution in [-0.2, 0) is 0 Å². The Labute approximate surface area is 135 Å². The van der Waals surface area contributed by atoms with E-state index in [9.17, 15) is 4.39 Å². The highest BCUT2D eigenvalue weighted by Gasteiger charge is 2.12. The van der Waals surface area contributed by atoms with Gasteiger partial charge in [0.2, 0.25) is 0 Å². The van der Waals surface area contributed by atoms with Gasteiger partial charge in [-0.05, 0) is 56.4 Å². The van der Waals surface area contributed by atoms with Gasteiger partial charge in [0.15, 0.2) is 5.11 Å². The standard InChI is InChI=1S/C17H19FN2OS/c1-11-4-9-16(21-3)15(10-11)12(2)19-17(22)20-14-7-5-13(18)6-8-14/h4-10,12H,1-3H3,(H2,19,20,22)/t12-/m0/s1. The van der Waals surface area contributed by atoms with Crippen LogP contribution in [0.3, 0.4) is 0 Å². The number of hydrogen-bond acceptors (Lipinski definition) is 2. The van der Waals surface area contributed by atoms with Gasteiger partial charge in [-0.25, -0.2) is 4.39 Å². The molecule has 2 aromatic rings. The van der Waals surface area contributed by atoms with Crippen molar-refractivity contribution < 1.29 is 9.13 Å². The maximum Gasteiger partial charge on any atom is 0.171 e. The molecule has 3 nitrogen and oxygen atoms in total. The number of rotatable bonds is 4. The zero-order valence-corrected chi connectivity index (χ0v) is 13.6. The van der Waals surface area contributed by atoms with Gasteiger partial charge in [-0.3, -0.25) is 0 Å². The minimum atomic E-state index is -0.276. The summed E-state index contributed by atoms with van der Waals surface area (Å²) in [5.41, 5.74) is 2.93. The highest BCUT2D eigenvalue weighted by atomic mass is 32.1. The third-order valence-electron chi connectivity index (χ3n) is 3.30. The first-order valence-corrected chi connectivity index (χ1v) is 7.38. The Kier molecular flexibility index (Phi) is 5.33. The van der Waals surface area contributed by atoms with Gasteiger partial charge < -0.3 is 15.4 Å². The highest BCUT2D eigenvalue weighted by Crippen LogP contribution is 2.26. The number of anilines is 1. The highest BCUT2D eigenvalue weighted by molar-refractivity contribution is 7.80. The Morgan fingerprint density at radius 2 is 1.86 bits per heavy atom. The second-order valence-corrected chi connectivity index (χ2v) is 5.48. The molecule has 22 heavy (non-hydrogen) atoms. The Balaban J connectivity index is 2.05. The summed E-state index contributed by atoms with van der Waals surface area (Å²) in [6.45, 7) is 4.04. The van der Waals surface area contributed by atoms with E-state index in [1.807, 2.05) is 26.0 Å². The van der Waals surface area contributed by atoms with Crippen LogP contribution in [-0.4, -0.2) is 12.2 Å². The lowest BCUT2D eigenvalue weighted by atomic mass is 10.0. The Morgan fingerprint density at radius 3 is 2.50 bits per heavy atom. The monoisotopic (exact) mass is 318 g/mol. The molecule has 0 heterocycles. The zero-order valence-electron chi connectivity index (χ0n) is 12.8. The predicted octanol–water partition coefficient (Wildman–Crippen LogP) is 4.19. The molecule has 0 aliphatic carbocycles. The number of ether oxygens (including phenoxy) is 1. The number of benzene rings is 2. The Morgan fingerprint density at radius 1 is 1.18 bits per heavy atom. The number of nitrogens with one attached hydrogen (secondary N) is 2. The minimum absolute atomic E-state index is 0.0182. The van der Waals surface area contributed by atoms with Crippen molar-refractivity contribution >= 4 is 23.0 Å². The zero-order chi connectivity index (χ0) is 16.1. The van der Waals surface area contributed by atoms with Crippen molar-refractivity contribution in [2.45, 2.75) is 19.9 Å². The second-order valence-electron chi connectivity index (χ2n) is 5.07. The number of hydrogen-bond donors (Lipinski definition) is 2. The largest absolute Gasteiger partial charge is 0.496 e. The van der Waals surface area contributed by atoms with Crippen molar-refractivity contribution in [3.63, 3.8) is 0 Å². The smallest absolute Gasteiger partial charge is 0.171 e. The molecule has 0 aromatic heterocycles. The van der Waals surface area contributed by atoms with Crippen molar-refractivity contribution in [2.24, 2.45) is 0 Å². The molecule has 0 fully saturated rings. The molecule has 0 saturated carbocycles. The Bertz CT molecular complexity index is 658. The molecule has 0 unspecified atom stereocenters. The fourth-order valence-electron chi connectivity index (χ4n) is 2.17. The lowest BCUT2D eigenvalue weighted by molar-refractivity contribution is 0.405. The van der Waals surface area contributed by atoms with Crippen LogP contribution in [0.5, 0.6) is 5.75 Å². The van der Waals surface area contributed by atoms with Gasteiger partial charge in [-0.15, -0.1) is 0 Å². The fraction of sp³-hybridized carbons (Fsp3) is 0.235. The number of thiocarbonyl (C=S) groups is 1. The molecule has 0 radical (unpaired) electrons. The number of aryl methyl sites for hydroxylation is 1. The SMILES string of the molecule is COc1ccc(C)cc1[C@H](C)NC(=S)Nc1ccc(F)cc1. The molecule has 5 heteroatoms. The molecule has 0 spiro atoms. The molecule has 0 saturated heterocycles. The van der Waals surface area contributed by atoms with Crippen molar-refractivity contribution in [3.8, 4) is 5.75 Å². The summed E-state index contributed by atoms with van der Waals surface area (Å²) in [6.07, 6.45) is 0. The van der Waals surface area contributed by atoms with Gasteiger partial charge in [-0.1, -0.05) is 17.7 Å². The normalized spacial score (nSPS) is 11.6. The van der Waals surface area contributed by atoms with Crippen molar-refractivity contribution in [2.75, 3.05) is 12.4 Å². The van der Waals surface area contributed by atoms with Gasteiger partial charge in [0.25, 0.3) is 0 Å². The van der Waals surface area contributed by atoms with Gasteiger partial charge in [0.1, 0.15) is 11.6 Å². The molecule has 0 amide bonds. The molecular formula is C17H19FN2OS. The first kappa shape index (κ1) is 16.2. The summed E-state index contributed by atoms with van der Waals surface area (Å²) in [7, 11) is 1.65. The summed E-state index contributed by atoms with van der Waals surface area (Å²) in [5, 5.41) is 6.72. The van der Waals surface area contributed by atoms with Crippen molar-refractivity contribution in [3.05, 3.63) is 59.4 Å². The molecule has 2 rings (SSSR count). The summed E-state index contributed by atoms with van der Waals surface area (Å²) in [4.78, 5) is 0. The third kappa shape index (κ3) is 4.18. The minimum Gasteiger partial charge on any atom is -0.496 e. The van der Waals surface area contributed by atoms with Crippen LogP contribution in [0.4, 0.5) is 10.1 Å². The van der Waals surface area contributed by atoms with E-state index in [-0.39, 0.29) is 11.9 Å². The summed E-state index contributed by atoms with van der Waals surface area (Å²) in [6, 6.07) is 12.1. The molecular weight excluding hydrogens is 299 g/mol. The average Bonchev–Trinajstić information content (AvgIpc) is 2.49. The first-order chi connectivity index (χ1) is 10.5. The molecule has 2 N–H and O–H groups in total. The van der Waals surface area contributed by atoms with Crippen molar-refractivity contribution in [1.29, 1.82) is 0 Å². The Hall–Kier alpha value is -2.14. The first-order valence-electron chi connectivity index (χ1n) is 6.97. The fourth-order valence-corrected chi connectivity index (χ4v) is 2.46. The third-order valence-corrected chi connectivity index (χ3v) is 3.52. The van der Waals surface area contributed by atoms with Gasteiger partial charge >= 0.3 is 0 Å². The summed E-state index contributed by atoms with van der Waals surface area (Å²) in [5.74, 6) is 0.539. The van der Waals surface area contributed by atoms with E-state index in [0.717, 1.165) is 22.6 Å². The van der Waals surface area contributed by atoms with E-state index in [0.29, 0.717) is 5.11 Å². The van der Waals surface area contributed by atoms with E-state index in [1.165, 1.54) is 12.1 Å². The van der Waals surface area contributed by atoms with E-state index in [4.69, 9.17) is 17.0 Å². The van der Waals surface area contributed by atoms with Crippen LogP contribution in [0.1, 0.15) is 24.1 Å². The van der Waals surface area contributed by atoms with Crippen molar-refractivity contribution in [1.82, 2.24) is 5.32 Å². The quantitative estimate of drug-likeness (QED) is 0.828. The van der Waals surface area contributed by atoms with Gasteiger partial charge in [0.05, 0.1) is 13.2 Å². The molecule has 0 bridgehead atoms. The maximum absolute atomic E-state index is 12.9. The van der Waals surface area contributed by atoms with Crippen LogP contribution >= 0.6 is 12.2 Å². The lowest BCUT2D eigenvalue weighted by Crippen LogP contribution is -2.31. The van der Waals surface area contributed by atoms with Gasteiger partial charge in [0, 0.05) is 11.3 Å². The number of methoxy groups -OCH3 is 1. The predicted molar refractivity (Wildman–Crippen MR) is 91.9 cm³/mol. The topological polar surface area (TPSA) is 33.3 Å². The van der Waals surface area contributed by atoms with E-state index in [2.05, 4.69) is 16.7 Å². The van der Waals surface area contributed by atoms with Crippen LogP contribution < -0.4 is 15.4 Å². The van der Waals surface area contributed by atoms with Crippen LogP contribution in [0.15, 0.2) is 42.5 Å². The van der Waals surface area contributed by atoms with Crippen LogP contribution in [0.25, 0.3) is 0 Å². The van der Waals surface area contributed by atoms with Crippen LogP contribution in [0.2, 0.25) is 0 Å². The molecule has 0 aliphatic heterocycles. The van der Waals surface area contributed by atoms with Gasteiger partial charge in [-0.2, -0.15) is 0 Å². The van der Waals surface area contributed by atoms with E-state index >= 15 is 0 Å². The molecule has 0 aliphatic rings. The molecule has 1 atom stereocenters. The lowest BCUT2D eigenvalue weighted by Gasteiger charge is -2.20. The molecule has 2 aromatic carbocycles. The van der Waals surface area contributed by atoms with E-state index in [1.54, 1.807) is 19.2 Å². The maximum atomic E-state index is 12.9. The van der Waals surface area contributed by atoms with Crippen LogP contribution in [0, 0.1) is 12.7 Å². The number of halogens is 1. The summed E-state index contributed by atoms with van der Waals surface area (Å²) < 4.78 is 18.3. The molecule has 116 valence electrons. The van der Waals surface area contributed by atoms with E-state index < -0.39 is 0 Å².